The average Bonchev–Trinajstić information content (AvgIpc) is 2.92. The van der Waals surface area contributed by atoms with Gasteiger partial charge in [-0.2, -0.15) is 0 Å². The van der Waals surface area contributed by atoms with Crippen LogP contribution in [-0.2, 0) is 4.79 Å². The van der Waals surface area contributed by atoms with Crippen LogP contribution in [-0.4, -0.2) is 17.6 Å². The van der Waals surface area contributed by atoms with Crippen molar-refractivity contribution in [2.24, 2.45) is 17.8 Å². The first-order valence-corrected chi connectivity index (χ1v) is 8.47. The Morgan fingerprint density at radius 3 is 2.80 bits per heavy atom. The summed E-state index contributed by atoms with van der Waals surface area (Å²) >= 11 is 1.77. The molecule has 4 heteroatoms. The summed E-state index contributed by atoms with van der Waals surface area (Å²) in [5.74, 6) is 0.0177. The third-order valence-electron chi connectivity index (χ3n) is 4.34. The Hall–Kier alpha value is -0.870. The highest BCUT2D eigenvalue weighted by Crippen LogP contribution is 2.31. The predicted octanol–water partition coefficient (Wildman–Crippen LogP) is 3.93. The molecule has 1 heterocycles. The van der Waals surface area contributed by atoms with Crippen LogP contribution in [0.1, 0.15) is 50.4 Å². The Morgan fingerprint density at radius 1 is 1.45 bits per heavy atom. The zero-order valence-corrected chi connectivity index (χ0v) is 13.2. The maximum Gasteiger partial charge on any atom is 0.306 e. The molecular formula is C16H25NO2S. The topological polar surface area (TPSA) is 49.3 Å². The first-order chi connectivity index (χ1) is 9.59. The van der Waals surface area contributed by atoms with Gasteiger partial charge in [0, 0.05) is 10.9 Å². The molecule has 1 saturated carbocycles. The van der Waals surface area contributed by atoms with Gasteiger partial charge in [0.25, 0.3) is 0 Å². The van der Waals surface area contributed by atoms with Crippen molar-refractivity contribution in [2.45, 2.75) is 45.6 Å². The van der Waals surface area contributed by atoms with E-state index in [0.717, 1.165) is 25.8 Å². The number of thiophene rings is 1. The lowest BCUT2D eigenvalue weighted by molar-refractivity contribution is -0.144. The fraction of sp³-hybridized carbons (Fsp3) is 0.688. The van der Waals surface area contributed by atoms with Gasteiger partial charge < -0.3 is 10.4 Å². The summed E-state index contributed by atoms with van der Waals surface area (Å²) in [6, 6.07) is 4.58. The van der Waals surface area contributed by atoms with Crippen molar-refractivity contribution in [1.82, 2.24) is 5.32 Å². The van der Waals surface area contributed by atoms with Gasteiger partial charge in [0.2, 0.25) is 0 Å². The quantitative estimate of drug-likeness (QED) is 0.836. The third kappa shape index (κ3) is 3.83. The fourth-order valence-corrected chi connectivity index (χ4v) is 4.16. The summed E-state index contributed by atoms with van der Waals surface area (Å²) < 4.78 is 0. The molecule has 0 bridgehead atoms. The zero-order chi connectivity index (χ0) is 14.5. The first kappa shape index (κ1) is 15.5. The van der Waals surface area contributed by atoms with Gasteiger partial charge >= 0.3 is 5.97 Å². The third-order valence-corrected chi connectivity index (χ3v) is 5.30. The molecule has 0 aromatic carbocycles. The van der Waals surface area contributed by atoms with E-state index in [9.17, 15) is 9.90 Å². The minimum atomic E-state index is -0.617. The predicted molar refractivity (Wildman–Crippen MR) is 83.0 cm³/mol. The summed E-state index contributed by atoms with van der Waals surface area (Å²) in [4.78, 5) is 12.7. The number of carboxylic acids is 1. The van der Waals surface area contributed by atoms with Gasteiger partial charge in [0.1, 0.15) is 0 Å². The minimum absolute atomic E-state index is 0.160. The number of carbonyl (C=O) groups is 1. The number of hydrogen-bond acceptors (Lipinski definition) is 3. The number of carboxylic acid groups (broad SMARTS) is 1. The summed E-state index contributed by atoms with van der Waals surface area (Å²) in [6.45, 7) is 5.25. The second-order valence-corrected chi connectivity index (χ2v) is 7.11. The van der Waals surface area contributed by atoms with Crippen molar-refractivity contribution >= 4 is 17.3 Å². The molecule has 1 aromatic heterocycles. The number of rotatable bonds is 6. The zero-order valence-electron chi connectivity index (χ0n) is 12.3. The smallest absolute Gasteiger partial charge is 0.306 e. The van der Waals surface area contributed by atoms with Crippen molar-refractivity contribution in [2.75, 3.05) is 6.54 Å². The Kier molecular flexibility index (Phi) is 5.61. The van der Waals surface area contributed by atoms with E-state index in [1.165, 1.54) is 11.3 Å². The summed E-state index contributed by atoms with van der Waals surface area (Å²) in [5, 5.41) is 15.1. The lowest BCUT2D eigenvalue weighted by Gasteiger charge is -2.31. The molecule has 1 aliphatic carbocycles. The molecule has 3 unspecified atom stereocenters. The molecule has 2 N–H and O–H groups in total. The van der Waals surface area contributed by atoms with Crippen LogP contribution in [0.5, 0.6) is 0 Å². The molecule has 20 heavy (non-hydrogen) atoms. The second kappa shape index (κ2) is 7.23. The monoisotopic (exact) mass is 295 g/mol. The van der Waals surface area contributed by atoms with Gasteiger partial charge in [-0.05, 0) is 42.7 Å². The Balaban J connectivity index is 1.96. The minimum Gasteiger partial charge on any atom is -0.481 e. The molecule has 0 radical (unpaired) electrons. The highest BCUT2D eigenvalue weighted by Gasteiger charge is 2.31. The van der Waals surface area contributed by atoms with Crippen molar-refractivity contribution in [3.05, 3.63) is 22.4 Å². The van der Waals surface area contributed by atoms with Gasteiger partial charge in [0.15, 0.2) is 0 Å². The van der Waals surface area contributed by atoms with Gasteiger partial charge in [-0.25, -0.2) is 0 Å². The average molecular weight is 295 g/mol. The van der Waals surface area contributed by atoms with E-state index < -0.39 is 5.97 Å². The van der Waals surface area contributed by atoms with E-state index in [0.29, 0.717) is 12.0 Å². The van der Waals surface area contributed by atoms with Crippen molar-refractivity contribution in [3.63, 3.8) is 0 Å². The van der Waals surface area contributed by atoms with E-state index in [4.69, 9.17) is 0 Å². The van der Waals surface area contributed by atoms with Crippen LogP contribution in [0.2, 0.25) is 0 Å². The Morgan fingerprint density at radius 2 is 2.20 bits per heavy atom. The second-order valence-electron chi connectivity index (χ2n) is 6.13. The molecular weight excluding hydrogens is 270 g/mol. The molecule has 0 aliphatic heterocycles. The fourth-order valence-electron chi connectivity index (χ4n) is 3.19. The van der Waals surface area contributed by atoms with Crippen LogP contribution < -0.4 is 5.32 Å². The molecule has 2 rings (SSSR count). The van der Waals surface area contributed by atoms with Crippen LogP contribution in [0.4, 0.5) is 0 Å². The highest BCUT2D eigenvalue weighted by atomic mass is 32.1. The van der Waals surface area contributed by atoms with Gasteiger partial charge in [-0.3, -0.25) is 4.79 Å². The van der Waals surface area contributed by atoms with E-state index in [1.54, 1.807) is 11.3 Å². The van der Waals surface area contributed by atoms with E-state index in [-0.39, 0.29) is 11.8 Å². The molecule has 1 aliphatic rings. The summed E-state index contributed by atoms with van der Waals surface area (Å²) in [7, 11) is 0. The normalized spacial score (nSPS) is 24.8. The lowest BCUT2D eigenvalue weighted by Crippen LogP contribution is -2.37. The summed E-state index contributed by atoms with van der Waals surface area (Å²) in [6.07, 6.45) is 4.11. The van der Waals surface area contributed by atoms with Crippen LogP contribution in [0.15, 0.2) is 17.5 Å². The van der Waals surface area contributed by atoms with E-state index in [1.807, 2.05) is 0 Å². The Bertz CT molecular complexity index is 416. The standard InChI is InChI=1S/C16H25NO2S/c1-11(2)15(14-8-5-9-20-14)17-10-12-6-3-4-7-13(12)16(18)19/h5,8-9,11-13,15,17H,3-4,6-7,10H2,1-2H3,(H,18,19). The molecule has 3 nitrogen and oxygen atoms in total. The lowest BCUT2D eigenvalue weighted by atomic mass is 9.79. The van der Waals surface area contributed by atoms with Crippen LogP contribution in [0, 0.1) is 17.8 Å². The van der Waals surface area contributed by atoms with Crippen molar-refractivity contribution in [3.8, 4) is 0 Å². The van der Waals surface area contributed by atoms with Crippen molar-refractivity contribution < 1.29 is 9.90 Å². The molecule has 1 aromatic rings. The van der Waals surface area contributed by atoms with E-state index in [2.05, 4.69) is 36.7 Å². The Labute approximate surface area is 125 Å². The van der Waals surface area contributed by atoms with Crippen molar-refractivity contribution in [1.29, 1.82) is 0 Å². The number of nitrogens with one attached hydrogen (secondary N) is 1. The van der Waals surface area contributed by atoms with Crippen LogP contribution in [0.3, 0.4) is 0 Å². The maximum absolute atomic E-state index is 11.3. The first-order valence-electron chi connectivity index (χ1n) is 7.59. The molecule has 0 amide bonds. The van der Waals surface area contributed by atoms with Crippen LogP contribution >= 0.6 is 11.3 Å². The molecule has 112 valence electrons. The molecule has 0 spiro atoms. The van der Waals surface area contributed by atoms with Crippen LogP contribution in [0.25, 0.3) is 0 Å². The maximum atomic E-state index is 11.3. The van der Waals surface area contributed by atoms with Gasteiger partial charge in [0.05, 0.1) is 5.92 Å². The highest BCUT2D eigenvalue weighted by molar-refractivity contribution is 7.10. The van der Waals surface area contributed by atoms with E-state index >= 15 is 0 Å². The number of aliphatic carboxylic acids is 1. The van der Waals surface area contributed by atoms with Gasteiger partial charge in [-0.15, -0.1) is 11.3 Å². The molecule has 3 atom stereocenters. The number of hydrogen-bond donors (Lipinski definition) is 2. The SMILES string of the molecule is CC(C)C(NCC1CCCCC1C(=O)O)c1cccs1. The van der Waals surface area contributed by atoms with Gasteiger partial charge in [-0.1, -0.05) is 32.8 Å². The molecule has 0 saturated heterocycles. The summed E-state index contributed by atoms with van der Waals surface area (Å²) in [5.41, 5.74) is 0. The largest absolute Gasteiger partial charge is 0.481 e. The molecule has 1 fully saturated rings.